The highest BCUT2D eigenvalue weighted by Crippen LogP contribution is 2.60. The van der Waals surface area contributed by atoms with Gasteiger partial charge in [0.05, 0.1) is 16.8 Å². The minimum atomic E-state index is -0.531. The van der Waals surface area contributed by atoms with Crippen LogP contribution in [0.1, 0.15) is 22.3 Å². The summed E-state index contributed by atoms with van der Waals surface area (Å²) in [7, 11) is 0. The predicted molar refractivity (Wildman–Crippen MR) is 260 cm³/mol. The average Bonchev–Trinajstić information content (AvgIpc) is 3.86. The quantitative estimate of drug-likeness (QED) is 0.155. The molecule has 0 unspecified atom stereocenters. The fraction of sp³-hybridized carbons (Fsp3) is 0.0169. The number of anilines is 3. The Kier molecular flexibility index (Phi) is 8.33. The highest BCUT2D eigenvalue weighted by molar-refractivity contribution is 7.25. The van der Waals surface area contributed by atoms with Crippen molar-refractivity contribution in [3.63, 3.8) is 0 Å². The average molecular weight is 794 g/mol. The van der Waals surface area contributed by atoms with Gasteiger partial charge in [0, 0.05) is 37.0 Å². The molecule has 0 bridgehead atoms. The third-order valence-corrected chi connectivity index (χ3v) is 13.9. The van der Waals surface area contributed by atoms with E-state index in [1.165, 1.54) is 86.6 Å². The lowest BCUT2D eigenvalue weighted by Gasteiger charge is -2.34. The summed E-state index contributed by atoms with van der Waals surface area (Å²) in [5.74, 6) is 0. The van der Waals surface area contributed by atoms with Crippen LogP contribution in [0.4, 0.5) is 17.1 Å². The molecule has 0 aliphatic heterocycles. The van der Waals surface area contributed by atoms with Crippen LogP contribution >= 0.6 is 11.3 Å². The first-order valence-electron chi connectivity index (χ1n) is 21.0. The predicted octanol–water partition coefficient (Wildman–Crippen LogP) is 16.4. The summed E-state index contributed by atoms with van der Waals surface area (Å²) in [6, 6.07) is 87.6. The molecule has 286 valence electrons. The van der Waals surface area contributed by atoms with Gasteiger partial charge in [-0.1, -0.05) is 200 Å². The zero-order valence-electron chi connectivity index (χ0n) is 33.4. The molecule has 1 aliphatic carbocycles. The maximum atomic E-state index is 2.56. The third-order valence-electron chi connectivity index (χ3n) is 12.7. The van der Waals surface area contributed by atoms with Gasteiger partial charge in [0.1, 0.15) is 0 Å². The van der Waals surface area contributed by atoms with Crippen LogP contribution in [-0.4, -0.2) is 0 Å². The number of hydrogen-bond donors (Lipinski definition) is 0. The van der Waals surface area contributed by atoms with E-state index >= 15 is 0 Å². The lowest BCUT2D eigenvalue weighted by Crippen LogP contribution is -2.28. The van der Waals surface area contributed by atoms with Crippen molar-refractivity contribution >= 4 is 59.3 Å². The second-order valence-corrected chi connectivity index (χ2v) is 17.0. The number of rotatable bonds is 7. The van der Waals surface area contributed by atoms with Crippen LogP contribution in [0.2, 0.25) is 0 Å². The minimum Gasteiger partial charge on any atom is -0.309 e. The molecule has 0 radical (unpaired) electrons. The molecule has 0 atom stereocenters. The topological polar surface area (TPSA) is 3.24 Å². The van der Waals surface area contributed by atoms with E-state index in [1.54, 1.807) is 0 Å². The van der Waals surface area contributed by atoms with Gasteiger partial charge in [-0.15, -0.1) is 11.3 Å². The van der Waals surface area contributed by atoms with E-state index in [2.05, 4.69) is 241 Å². The zero-order valence-corrected chi connectivity index (χ0v) is 34.2. The highest BCUT2D eigenvalue weighted by atomic mass is 32.1. The summed E-state index contributed by atoms with van der Waals surface area (Å²) in [6.07, 6.45) is 0. The van der Waals surface area contributed by atoms with Crippen molar-refractivity contribution in [3.8, 4) is 33.4 Å². The van der Waals surface area contributed by atoms with Gasteiger partial charge in [-0.2, -0.15) is 0 Å². The summed E-state index contributed by atoms with van der Waals surface area (Å²) in [4.78, 5) is 2.56. The lowest BCUT2D eigenvalue weighted by atomic mass is 9.68. The summed E-state index contributed by atoms with van der Waals surface area (Å²) < 4.78 is 2.59. The van der Waals surface area contributed by atoms with Gasteiger partial charge < -0.3 is 4.90 Å². The molecule has 12 rings (SSSR count). The minimum absolute atomic E-state index is 0.531. The van der Waals surface area contributed by atoms with Crippen LogP contribution in [-0.2, 0) is 5.41 Å². The summed E-state index contributed by atoms with van der Waals surface area (Å²) in [5, 5.41) is 5.03. The standard InChI is InChI=1S/C59H39NS/c1-4-18-41(19-5-1)48-36-34-42(47-29-16-21-40-20-10-11-26-46(40)47)38-55(48)60(45-35-37-57-51(39-45)49-27-13-15-33-56(49)61-57)54-32-17-31-53-58(54)50-28-12-14-30-52(50)59(53,43-22-6-2-7-23-43)44-24-8-3-9-25-44/h1-39H. The zero-order chi connectivity index (χ0) is 40.3. The molecule has 0 amide bonds. The van der Waals surface area contributed by atoms with Crippen LogP contribution in [0.3, 0.4) is 0 Å². The van der Waals surface area contributed by atoms with Crippen molar-refractivity contribution in [2.75, 3.05) is 4.90 Å². The van der Waals surface area contributed by atoms with Crippen molar-refractivity contribution in [1.82, 2.24) is 0 Å². The fourth-order valence-electron chi connectivity index (χ4n) is 10.1. The maximum absolute atomic E-state index is 2.56. The van der Waals surface area contributed by atoms with Crippen molar-refractivity contribution < 1.29 is 0 Å². The van der Waals surface area contributed by atoms with Gasteiger partial charge in [-0.05, 0) is 91.7 Å². The monoisotopic (exact) mass is 793 g/mol. The summed E-state index contributed by atoms with van der Waals surface area (Å²) >= 11 is 1.86. The van der Waals surface area contributed by atoms with Crippen molar-refractivity contribution in [2.45, 2.75) is 5.41 Å². The van der Waals surface area contributed by atoms with Gasteiger partial charge in [-0.3, -0.25) is 0 Å². The van der Waals surface area contributed by atoms with Crippen LogP contribution in [0.5, 0.6) is 0 Å². The van der Waals surface area contributed by atoms with Crippen molar-refractivity contribution in [1.29, 1.82) is 0 Å². The molecule has 2 heteroatoms. The van der Waals surface area contributed by atoms with E-state index < -0.39 is 5.41 Å². The van der Waals surface area contributed by atoms with E-state index in [0.717, 1.165) is 17.1 Å². The molecule has 61 heavy (non-hydrogen) atoms. The largest absolute Gasteiger partial charge is 0.309 e. The van der Waals surface area contributed by atoms with Crippen LogP contribution < -0.4 is 4.90 Å². The molecule has 1 heterocycles. The normalized spacial score (nSPS) is 12.7. The molecule has 1 nitrogen and oxygen atoms in total. The van der Waals surface area contributed by atoms with E-state index in [-0.39, 0.29) is 0 Å². The highest BCUT2D eigenvalue weighted by Gasteiger charge is 2.47. The number of fused-ring (bicyclic) bond motifs is 7. The maximum Gasteiger partial charge on any atom is 0.0714 e. The van der Waals surface area contributed by atoms with E-state index in [4.69, 9.17) is 0 Å². The molecular formula is C59H39NS. The molecule has 1 aromatic heterocycles. The molecule has 1 aliphatic rings. The van der Waals surface area contributed by atoms with Gasteiger partial charge in [0.2, 0.25) is 0 Å². The Hall–Kier alpha value is -7.52. The van der Waals surface area contributed by atoms with Gasteiger partial charge in [-0.25, -0.2) is 0 Å². The molecule has 0 spiro atoms. The Bertz CT molecular complexity index is 3380. The number of thiophene rings is 1. The van der Waals surface area contributed by atoms with E-state index in [0.29, 0.717) is 0 Å². The number of benzene rings is 10. The smallest absolute Gasteiger partial charge is 0.0714 e. The molecule has 10 aromatic carbocycles. The Labute approximate surface area is 360 Å². The van der Waals surface area contributed by atoms with Crippen molar-refractivity contribution in [2.24, 2.45) is 0 Å². The molecule has 0 N–H and O–H groups in total. The Morgan fingerprint density at radius 3 is 1.75 bits per heavy atom. The van der Waals surface area contributed by atoms with E-state index in [1.807, 2.05) is 11.3 Å². The second kappa shape index (κ2) is 14.3. The van der Waals surface area contributed by atoms with Crippen molar-refractivity contribution in [3.05, 3.63) is 259 Å². The van der Waals surface area contributed by atoms with Crippen LogP contribution in [0, 0.1) is 0 Å². The molecule has 0 fully saturated rings. The molecule has 11 aromatic rings. The molecular weight excluding hydrogens is 755 g/mol. The number of hydrogen-bond acceptors (Lipinski definition) is 2. The summed E-state index contributed by atoms with van der Waals surface area (Å²) in [6.45, 7) is 0. The van der Waals surface area contributed by atoms with Gasteiger partial charge in [0.25, 0.3) is 0 Å². The second-order valence-electron chi connectivity index (χ2n) is 16.0. The first-order chi connectivity index (χ1) is 30.3. The van der Waals surface area contributed by atoms with Crippen LogP contribution in [0.25, 0.3) is 64.3 Å². The Balaban J connectivity index is 1.21. The fourth-order valence-corrected chi connectivity index (χ4v) is 11.2. The Morgan fingerprint density at radius 2 is 0.951 bits per heavy atom. The molecule has 0 saturated heterocycles. The first kappa shape index (κ1) is 35.4. The van der Waals surface area contributed by atoms with E-state index in [9.17, 15) is 0 Å². The van der Waals surface area contributed by atoms with Gasteiger partial charge in [0.15, 0.2) is 0 Å². The Morgan fingerprint density at radius 1 is 0.344 bits per heavy atom. The number of nitrogens with zero attached hydrogens (tertiary/aromatic N) is 1. The lowest BCUT2D eigenvalue weighted by molar-refractivity contribution is 0.768. The van der Waals surface area contributed by atoms with Crippen LogP contribution in [0.15, 0.2) is 237 Å². The third kappa shape index (κ3) is 5.53. The molecule has 0 saturated carbocycles. The SMILES string of the molecule is c1ccc(-c2ccc(-c3cccc4ccccc34)cc2N(c2ccc3sc4ccccc4c3c2)c2cccc3c2-c2ccccc2C3(c2ccccc2)c2ccccc2)cc1. The van der Waals surface area contributed by atoms with Gasteiger partial charge >= 0.3 is 0 Å². The summed E-state index contributed by atoms with van der Waals surface area (Å²) in [5.41, 5.74) is 15.2. The first-order valence-corrected chi connectivity index (χ1v) is 21.8.